The van der Waals surface area contributed by atoms with Crippen LogP contribution in [0.1, 0.15) is 12.8 Å². The maximum Gasteiger partial charge on any atom is 0.305 e. The van der Waals surface area contributed by atoms with E-state index in [0.29, 0.717) is 6.42 Å². The Labute approximate surface area is 133 Å². The first-order chi connectivity index (χ1) is 10.1. The standard InChI is InChI=1S/C15H17NO3S2/c1-16(15(20)21-9-5-8-14(17)18-2)13-10-11-6-3-4-7-12(11)19-13/h3-4,6-7,10H,5,8-9H2,1-2H3. The van der Waals surface area contributed by atoms with Gasteiger partial charge in [0.2, 0.25) is 5.88 Å². The van der Waals surface area contributed by atoms with Gasteiger partial charge in [-0.15, -0.1) is 0 Å². The Morgan fingerprint density at radius 2 is 2.19 bits per heavy atom. The first kappa shape index (κ1) is 15.9. The molecule has 1 aromatic heterocycles. The molecule has 0 atom stereocenters. The third-order valence-corrected chi connectivity index (χ3v) is 4.64. The SMILES string of the molecule is COC(=O)CCCSC(=S)N(C)c1cc2ccccc2o1. The van der Waals surface area contributed by atoms with Crippen molar-refractivity contribution >= 4 is 51.1 Å². The monoisotopic (exact) mass is 323 g/mol. The Bertz CT molecular complexity index is 606. The van der Waals surface area contributed by atoms with Crippen LogP contribution in [0, 0.1) is 0 Å². The molecule has 0 aliphatic carbocycles. The summed E-state index contributed by atoms with van der Waals surface area (Å²) in [4.78, 5) is 12.9. The van der Waals surface area contributed by atoms with Crippen molar-refractivity contribution in [1.29, 1.82) is 0 Å². The number of methoxy groups -OCH3 is 1. The number of carbonyl (C=O) groups excluding carboxylic acids is 1. The molecule has 0 unspecified atom stereocenters. The van der Waals surface area contributed by atoms with E-state index < -0.39 is 0 Å². The minimum atomic E-state index is -0.188. The van der Waals surface area contributed by atoms with Gasteiger partial charge in [0.15, 0.2) is 0 Å². The Kier molecular flexibility index (Phi) is 5.64. The largest absolute Gasteiger partial charge is 0.469 e. The number of esters is 1. The quantitative estimate of drug-likeness (QED) is 0.473. The molecule has 0 radical (unpaired) electrons. The smallest absolute Gasteiger partial charge is 0.305 e. The minimum Gasteiger partial charge on any atom is -0.469 e. The lowest BCUT2D eigenvalue weighted by atomic mass is 10.3. The van der Waals surface area contributed by atoms with Crippen LogP contribution in [0.3, 0.4) is 0 Å². The summed E-state index contributed by atoms with van der Waals surface area (Å²) in [6.07, 6.45) is 1.16. The van der Waals surface area contributed by atoms with Crippen molar-refractivity contribution in [2.75, 3.05) is 24.8 Å². The lowest BCUT2D eigenvalue weighted by Crippen LogP contribution is -2.21. The highest BCUT2D eigenvalue weighted by molar-refractivity contribution is 8.23. The highest BCUT2D eigenvalue weighted by Crippen LogP contribution is 2.27. The summed E-state index contributed by atoms with van der Waals surface area (Å²) < 4.78 is 11.1. The van der Waals surface area contributed by atoms with Crippen molar-refractivity contribution in [3.8, 4) is 0 Å². The van der Waals surface area contributed by atoms with Crippen molar-refractivity contribution < 1.29 is 13.9 Å². The predicted octanol–water partition coefficient (Wildman–Crippen LogP) is 3.84. The summed E-state index contributed by atoms with van der Waals surface area (Å²) in [6.45, 7) is 0. The molecule has 2 aromatic rings. The van der Waals surface area contributed by atoms with E-state index in [-0.39, 0.29) is 5.97 Å². The summed E-state index contributed by atoms with van der Waals surface area (Å²) in [5, 5.41) is 1.05. The van der Waals surface area contributed by atoms with Crippen LogP contribution >= 0.6 is 24.0 Å². The molecule has 0 saturated carbocycles. The number of furan rings is 1. The maximum atomic E-state index is 11.0. The Balaban J connectivity index is 1.88. The Hall–Kier alpha value is -1.53. The van der Waals surface area contributed by atoms with E-state index in [0.717, 1.165) is 33.3 Å². The van der Waals surface area contributed by atoms with E-state index in [1.807, 2.05) is 42.3 Å². The summed E-state index contributed by atoms with van der Waals surface area (Å²) >= 11 is 6.91. The summed E-state index contributed by atoms with van der Waals surface area (Å²) in [6, 6.07) is 9.82. The number of hydrogen-bond donors (Lipinski definition) is 0. The van der Waals surface area contributed by atoms with Crippen molar-refractivity contribution in [2.45, 2.75) is 12.8 Å². The number of ether oxygens (including phenoxy) is 1. The molecule has 0 N–H and O–H groups in total. The molecular formula is C15H17NO3S2. The molecule has 6 heteroatoms. The van der Waals surface area contributed by atoms with Crippen LogP contribution in [0.2, 0.25) is 0 Å². The van der Waals surface area contributed by atoms with E-state index in [9.17, 15) is 4.79 Å². The highest BCUT2D eigenvalue weighted by Gasteiger charge is 2.12. The van der Waals surface area contributed by atoms with Gasteiger partial charge in [-0.05, 0) is 12.5 Å². The first-order valence-electron chi connectivity index (χ1n) is 6.57. The molecule has 0 bridgehead atoms. The van der Waals surface area contributed by atoms with Crippen molar-refractivity contribution in [2.24, 2.45) is 0 Å². The van der Waals surface area contributed by atoms with Crippen LogP contribution in [0.5, 0.6) is 0 Å². The number of fused-ring (bicyclic) bond motifs is 1. The topological polar surface area (TPSA) is 42.7 Å². The van der Waals surface area contributed by atoms with Gasteiger partial charge in [0.05, 0.1) is 7.11 Å². The zero-order chi connectivity index (χ0) is 15.2. The highest BCUT2D eigenvalue weighted by atomic mass is 32.2. The van der Waals surface area contributed by atoms with Crippen LogP contribution in [-0.2, 0) is 9.53 Å². The van der Waals surface area contributed by atoms with E-state index in [1.54, 1.807) is 0 Å². The molecule has 0 aliphatic rings. The first-order valence-corrected chi connectivity index (χ1v) is 7.97. The van der Waals surface area contributed by atoms with Gasteiger partial charge < -0.3 is 14.1 Å². The molecule has 112 valence electrons. The lowest BCUT2D eigenvalue weighted by molar-refractivity contribution is -0.140. The normalized spacial score (nSPS) is 10.6. The number of rotatable bonds is 5. The fourth-order valence-corrected chi connectivity index (χ4v) is 2.88. The predicted molar refractivity (Wildman–Crippen MR) is 90.9 cm³/mol. The van der Waals surface area contributed by atoms with Crippen LogP contribution in [0.25, 0.3) is 11.0 Å². The van der Waals surface area contributed by atoms with Gasteiger partial charge >= 0.3 is 5.97 Å². The van der Waals surface area contributed by atoms with E-state index >= 15 is 0 Å². The van der Waals surface area contributed by atoms with Gasteiger partial charge in [-0.25, -0.2) is 0 Å². The summed E-state index contributed by atoms with van der Waals surface area (Å²) in [7, 11) is 3.28. The molecule has 1 aromatic carbocycles. The van der Waals surface area contributed by atoms with Gasteiger partial charge in [-0.2, -0.15) is 0 Å². The van der Waals surface area contributed by atoms with Gasteiger partial charge in [0, 0.05) is 30.7 Å². The zero-order valence-corrected chi connectivity index (χ0v) is 13.6. The van der Waals surface area contributed by atoms with Crippen LogP contribution in [0.4, 0.5) is 5.88 Å². The van der Waals surface area contributed by atoms with Gasteiger partial charge in [-0.3, -0.25) is 4.79 Å². The fraction of sp³-hybridized carbons (Fsp3) is 0.333. The van der Waals surface area contributed by atoms with Gasteiger partial charge in [0.25, 0.3) is 0 Å². The molecule has 2 rings (SSSR count). The number of thiocarbonyl (C=S) groups is 1. The van der Waals surface area contributed by atoms with Crippen molar-refractivity contribution in [1.82, 2.24) is 0 Å². The fourth-order valence-electron chi connectivity index (χ4n) is 1.80. The molecule has 0 fully saturated rings. The second-order valence-electron chi connectivity index (χ2n) is 4.48. The second-order valence-corrected chi connectivity index (χ2v) is 6.20. The Morgan fingerprint density at radius 1 is 1.43 bits per heavy atom. The molecule has 4 nitrogen and oxygen atoms in total. The average molecular weight is 323 g/mol. The minimum absolute atomic E-state index is 0.188. The molecule has 0 saturated heterocycles. The number of nitrogens with zero attached hydrogens (tertiary/aromatic N) is 1. The summed E-state index contributed by atoms with van der Waals surface area (Å²) in [5.41, 5.74) is 0.845. The van der Waals surface area contributed by atoms with Crippen LogP contribution < -0.4 is 4.90 Å². The van der Waals surface area contributed by atoms with Crippen molar-refractivity contribution in [3.05, 3.63) is 30.3 Å². The van der Waals surface area contributed by atoms with Crippen LogP contribution in [-0.4, -0.2) is 30.2 Å². The zero-order valence-electron chi connectivity index (χ0n) is 12.0. The molecule has 0 spiro atoms. The van der Waals surface area contributed by atoms with Gasteiger partial charge in [0.1, 0.15) is 9.90 Å². The number of anilines is 1. The molecule has 0 amide bonds. The molecule has 1 heterocycles. The van der Waals surface area contributed by atoms with E-state index in [1.165, 1.54) is 18.9 Å². The third-order valence-electron chi connectivity index (χ3n) is 3.00. The third kappa shape index (κ3) is 4.22. The second kappa shape index (κ2) is 7.47. The molecular weight excluding hydrogens is 306 g/mol. The number of hydrogen-bond acceptors (Lipinski definition) is 5. The molecule has 0 aliphatic heterocycles. The number of benzene rings is 1. The van der Waals surface area contributed by atoms with E-state index in [4.69, 9.17) is 16.6 Å². The lowest BCUT2D eigenvalue weighted by Gasteiger charge is -2.15. The maximum absolute atomic E-state index is 11.0. The number of thioether (sulfide) groups is 1. The molecule has 21 heavy (non-hydrogen) atoms. The van der Waals surface area contributed by atoms with Crippen molar-refractivity contribution in [3.63, 3.8) is 0 Å². The van der Waals surface area contributed by atoms with E-state index in [2.05, 4.69) is 4.74 Å². The summed E-state index contributed by atoms with van der Waals surface area (Å²) in [5.74, 6) is 1.31. The average Bonchev–Trinajstić information content (AvgIpc) is 2.94. The number of carbonyl (C=O) groups is 1. The number of para-hydroxylation sites is 1. The Morgan fingerprint density at radius 3 is 2.90 bits per heavy atom. The van der Waals surface area contributed by atoms with Gasteiger partial charge in [-0.1, -0.05) is 42.2 Å². The van der Waals surface area contributed by atoms with Crippen LogP contribution in [0.15, 0.2) is 34.7 Å².